The molecule has 0 atom stereocenters. The zero-order valence-corrected chi connectivity index (χ0v) is 16.7. The average molecular weight is 408 g/mol. The van der Waals surface area contributed by atoms with Gasteiger partial charge in [-0.1, -0.05) is 23.9 Å². The highest BCUT2D eigenvalue weighted by atomic mass is 32.2. The smallest absolute Gasteiger partial charge is 0.234 e. The van der Waals surface area contributed by atoms with Crippen LogP contribution in [0.15, 0.2) is 53.9 Å². The third-order valence-corrected chi connectivity index (χ3v) is 4.99. The second-order valence-corrected chi connectivity index (χ2v) is 7.00. The number of nitrogens with one attached hydrogen (secondary N) is 1. The van der Waals surface area contributed by atoms with Gasteiger partial charge in [0, 0.05) is 30.8 Å². The summed E-state index contributed by atoms with van der Waals surface area (Å²) in [5.74, 6) is 0.761. The quantitative estimate of drug-likeness (QED) is 0.543. The highest BCUT2D eigenvalue weighted by molar-refractivity contribution is 7.99. The summed E-state index contributed by atoms with van der Waals surface area (Å²) in [7, 11) is 1.64. The lowest BCUT2D eigenvalue weighted by Gasteiger charge is -2.10. The Bertz CT molecular complexity index is 982. The first-order valence-electron chi connectivity index (χ1n) is 8.92. The highest BCUT2D eigenvalue weighted by Crippen LogP contribution is 2.23. The molecule has 0 aliphatic rings. The summed E-state index contributed by atoms with van der Waals surface area (Å²) >= 11 is 1.31. The maximum absolute atomic E-state index is 12.3. The minimum absolute atomic E-state index is 0.144. The molecule has 3 rings (SSSR count). The lowest BCUT2D eigenvalue weighted by atomic mass is 10.1. The topological polar surface area (TPSA) is 106 Å². The molecule has 0 aliphatic heterocycles. The number of hydrogen-bond acceptors (Lipinski definition) is 7. The van der Waals surface area contributed by atoms with Gasteiger partial charge in [-0.05, 0) is 29.8 Å². The standard InChI is InChI=1S/C20H20N6O2S/c1-28-13-12-26-19(16-7-10-22-11-8-16)24-25-20(26)29-14-18(27)23-17-4-2-15(3-5-17)6-9-21/h2-5,7-8,10-11H,6,12-14H2,1H3,(H,23,27). The van der Waals surface area contributed by atoms with E-state index < -0.39 is 0 Å². The van der Waals surface area contributed by atoms with Crippen molar-refractivity contribution in [1.29, 1.82) is 5.26 Å². The van der Waals surface area contributed by atoms with E-state index in [1.807, 2.05) is 28.8 Å². The fourth-order valence-corrected chi connectivity index (χ4v) is 3.38. The Morgan fingerprint density at radius 1 is 1.21 bits per heavy atom. The number of thioether (sulfide) groups is 1. The summed E-state index contributed by atoms with van der Waals surface area (Å²) < 4.78 is 7.13. The number of benzene rings is 1. The summed E-state index contributed by atoms with van der Waals surface area (Å²) in [6.07, 6.45) is 3.75. The first kappa shape index (κ1) is 20.5. The molecule has 29 heavy (non-hydrogen) atoms. The summed E-state index contributed by atoms with van der Waals surface area (Å²) in [4.78, 5) is 16.4. The summed E-state index contributed by atoms with van der Waals surface area (Å²) in [5, 5.41) is 20.7. The first-order chi connectivity index (χ1) is 14.2. The van der Waals surface area contributed by atoms with E-state index in [1.165, 1.54) is 11.8 Å². The predicted molar refractivity (Wildman–Crippen MR) is 110 cm³/mol. The maximum atomic E-state index is 12.3. The van der Waals surface area contributed by atoms with Gasteiger partial charge in [0.15, 0.2) is 11.0 Å². The van der Waals surface area contributed by atoms with Crippen molar-refractivity contribution in [3.8, 4) is 17.5 Å². The van der Waals surface area contributed by atoms with Crippen LogP contribution < -0.4 is 5.32 Å². The third-order valence-electron chi connectivity index (χ3n) is 4.03. The molecule has 2 heterocycles. The van der Waals surface area contributed by atoms with Gasteiger partial charge in [-0.3, -0.25) is 14.3 Å². The zero-order chi connectivity index (χ0) is 20.5. The predicted octanol–water partition coefficient (Wildman–Crippen LogP) is 2.78. The molecule has 1 N–H and O–H groups in total. The number of nitrogens with zero attached hydrogens (tertiary/aromatic N) is 5. The van der Waals surface area contributed by atoms with E-state index >= 15 is 0 Å². The monoisotopic (exact) mass is 408 g/mol. The van der Waals surface area contributed by atoms with Crippen molar-refractivity contribution >= 4 is 23.4 Å². The summed E-state index contributed by atoms with van der Waals surface area (Å²) in [6.45, 7) is 1.08. The lowest BCUT2D eigenvalue weighted by molar-refractivity contribution is -0.113. The van der Waals surface area contributed by atoms with Gasteiger partial charge in [0.25, 0.3) is 0 Å². The van der Waals surface area contributed by atoms with Gasteiger partial charge < -0.3 is 10.1 Å². The molecule has 1 amide bonds. The molecule has 0 saturated heterocycles. The van der Waals surface area contributed by atoms with Crippen LogP contribution in [0.3, 0.4) is 0 Å². The van der Waals surface area contributed by atoms with Crippen LogP contribution >= 0.6 is 11.8 Å². The molecule has 2 aromatic heterocycles. The molecule has 3 aromatic rings. The minimum Gasteiger partial charge on any atom is -0.383 e. The average Bonchev–Trinajstić information content (AvgIpc) is 3.15. The number of pyridine rings is 1. The molecule has 9 heteroatoms. The second kappa shape index (κ2) is 10.4. The van der Waals surface area contributed by atoms with Crippen molar-refractivity contribution in [1.82, 2.24) is 19.7 Å². The molecule has 0 fully saturated rings. The van der Waals surface area contributed by atoms with Gasteiger partial charge in [0.05, 0.1) is 31.4 Å². The summed E-state index contributed by atoms with van der Waals surface area (Å²) in [6, 6.07) is 13.1. The number of ether oxygens (including phenoxy) is 1. The van der Waals surface area contributed by atoms with Crippen LogP contribution in [-0.2, 0) is 22.5 Å². The number of amides is 1. The molecule has 1 aromatic carbocycles. The van der Waals surface area contributed by atoms with Crippen molar-refractivity contribution in [3.63, 3.8) is 0 Å². The van der Waals surface area contributed by atoms with E-state index in [2.05, 4.69) is 26.6 Å². The van der Waals surface area contributed by atoms with E-state index in [0.717, 1.165) is 11.1 Å². The Kier molecular flexibility index (Phi) is 7.33. The molecular weight excluding hydrogens is 388 g/mol. The maximum Gasteiger partial charge on any atom is 0.234 e. The number of carbonyl (C=O) groups is 1. The highest BCUT2D eigenvalue weighted by Gasteiger charge is 2.15. The Morgan fingerprint density at radius 3 is 2.66 bits per heavy atom. The van der Waals surface area contributed by atoms with Crippen LogP contribution in [-0.4, -0.2) is 45.1 Å². The fraction of sp³-hybridized carbons (Fsp3) is 0.250. The molecule has 0 unspecified atom stereocenters. The van der Waals surface area contributed by atoms with E-state index in [0.29, 0.717) is 36.2 Å². The van der Waals surface area contributed by atoms with Crippen LogP contribution in [0, 0.1) is 11.3 Å². The number of rotatable bonds is 9. The van der Waals surface area contributed by atoms with E-state index in [4.69, 9.17) is 10.00 Å². The normalized spacial score (nSPS) is 10.5. The molecule has 148 valence electrons. The van der Waals surface area contributed by atoms with Crippen molar-refractivity contribution in [3.05, 3.63) is 54.4 Å². The summed E-state index contributed by atoms with van der Waals surface area (Å²) in [5.41, 5.74) is 2.50. The zero-order valence-electron chi connectivity index (χ0n) is 15.9. The Balaban J connectivity index is 1.65. The number of nitriles is 1. The van der Waals surface area contributed by atoms with Crippen LogP contribution in [0.4, 0.5) is 5.69 Å². The van der Waals surface area contributed by atoms with Crippen molar-refractivity contribution in [2.45, 2.75) is 18.1 Å². The largest absolute Gasteiger partial charge is 0.383 e. The third kappa shape index (κ3) is 5.63. The molecule has 0 saturated carbocycles. The van der Waals surface area contributed by atoms with Gasteiger partial charge in [-0.2, -0.15) is 5.26 Å². The van der Waals surface area contributed by atoms with Crippen molar-refractivity contribution in [2.75, 3.05) is 24.8 Å². The van der Waals surface area contributed by atoms with Crippen molar-refractivity contribution < 1.29 is 9.53 Å². The first-order valence-corrected chi connectivity index (χ1v) is 9.91. The van der Waals surface area contributed by atoms with Crippen LogP contribution in [0.2, 0.25) is 0 Å². The van der Waals surface area contributed by atoms with E-state index in [-0.39, 0.29) is 11.7 Å². The number of carbonyl (C=O) groups excluding carboxylic acids is 1. The number of aromatic nitrogens is 4. The van der Waals surface area contributed by atoms with Crippen LogP contribution in [0.25, 0.3) is 11.4 Å². The number of hydrogen-bond donors (Lipinski definition) is 1. The molecule has 0 bridgehead atoms. The molecule has 0 aliphatic carbocycles. The SMILES string of the molecule is COCCn1c(SCC(=O)Nc2ccc(CC#N)cc2)nnc1-c1ccncc1. The minimum atomic E-state index is -0.144. The molecular formula is C20H20N6O2S. The molecule has 8 nitrogen and oxygen atoms in total. The second-order valence-electron chi connectivity index (χ2n) is 6.06. The van der Waals surface area contributed by atoms with Gasteiger partial charge in [-0.15, -0.1) is 10.2 Å². The van der Waals surface area contributed by atoms with E-state index in [9.17, 15) is 4.79 Å². The Hall–Kier alpha value is -3.22. The number of methoxy groups -OCH3 is 1. The number of anilines is 1. The van der Waals surface area contributed by atoms with Gasteiger partial charge in [0.1, 0.15) is 0 Å². The van der Waals surface area contributed by atoms with Crippen LogP contribution in [0.5, 0.6) is 0 Å². The Labute approximate surface area is 172 Å². The van der Waals surface area contributed by atoms with Crippen molar-refractivity contribution in [2.24, 2.45) is 0 Å². The van der Waals surface area contributed by atoms with Gasteiger partial charge in [0.2, 0.25) is 5.91 Å². The van der Waals surface area contributed by atoms with Gasteiger partial charge >= 0.3 is 0 Å². The van der Waals surface area contributed by atoms with Crippen LogP contribution in [0.1, 0.15) is 5.56 Å². The fourth-order valence-electron chi connectivity index (χ4n) is 2.62. The lowest BCUT2D eigenvalue weighted by Crippen LogP contribution is -2.15. The molecule has 0 radical (unpaired) electrons. The van der Waals surface area contributed by atoms with Gasteiger partial charge in [-0.25, -0.2) is 0 Å². The van der Waals surface area contributed by atoms with E-state index in [1.54, 1.807) is 31.6 Å². The molecule has 0 spiro atoms. The Morgan fingerprint density at radius 2 is 1.97 bits per heavy atom.